The van der Waals surface area contributed by atoms with Crippen molar-refractivity contribution in [3.05, 3.63) is 51.7 Å². The zero-order valence-corrected chi connectivity index (χ0v) is 15.5. The lowest BCUT2D eigenvalue weighted by Crippen LogP contribution is -2.36. The number of carbonyl (C=O) groups excluding carboxylic acids is 1. The van der Waals surface area contributed by atoms with E-state index in [4.69, 9.17) is 0 Å². The van der Waals surface area contributed by atoms with E-state index >= 15 is 0 Å². The van der Waals surface area contributed by atoms with Gasteiger partial charge in [-0.2, -0.15) is 0 Å². The van der Waals surface area contributed by atoms with Crippen molar-refractivity contribution < 1.29 is 13.2 Å². The highest BCUT2D eigenvalue weighted by molar-refractivity contribution is 7.89. The molecule has 1 saturated heterocycles. The Labute approximate surface area is 151 Å². The molecule has 25 heavy (non-hydrogen) atoms. The number of aryl methyl sites for hydroxylation is 1. The number of rotatable bonds is 6. The maximum Gasteiger partial charge on any atom is 0.251 e. The van der Waals surface area contributed by atoms with Gasteiger partial charge in [0.15, 0.2) is 0 Å². The van der Waals surface area contributed by atoms with Gasteiger partial charge < -0.3 is 10.6 Å². The van der Waals surface area contributed by atoms with Crippen LogP contribution in [-0.4, -0.2) is 33.5 Å². The molecule has 0 radical (unpaired) electrons. The summed E-state index contributed by atoms with van der Waals surface area (Å²) >= 11 is 1.55. The molecule has 1 aromatic carbocycles. The van der Waals surface area contributed by atoms with Crippen LogP contribution in [0.1, 0.15) is 26.5 Å². The molecular weight excluding hydrogens is 358 g/mol. The molecule has 0 unspecified atom stereocenters. The molecule has 1 amide bonds. The Balaban J connectivity index is 1.69. The summed E-state index contributed by atoms with van der Waals surface area (Å²) < 4.78 is 27.6. The van der Waals surface area contributed by atoms with Crippen molar-refractivity contribution in [2.75, 3.05) is 13.1 Å². The van der Waals surface area contributed by atoms with Gasteiger partial charge in [0.1, 0.15) is 0 Å². The first-order valence-electron chi connectivity index (χ1n) is 8.11. The van der Waals surface area contributed by atoms with Crippen LogP contribution in [0.2, 0.25) is 0 Å². The van der Waals surface area contributed by atoms with E-state index in [-0.39, 0.29) is 23.4 Å². The third-order valence-corrected chi connectivity index (χ3v) is 6.43. The van der Waals surface area contributed by atoms with E-state index in [1.54, 1.807) is 23.5 Å². The number of hydrogen-bond donors (Lipinski definition) is 3. The number of carbonyl (C=O) groups is 1. The molecule has 3 rings (SSSR count). The summed E-state index contributed by atoms with van der Waals surface area (Å²) in [6.07, 6.45) is 0.880. The monoisotopic (exact) mass is 379 g/mol. The normalized spacial score (nSPS) is 17.6. The summed E-state index contributed by atoms with van der Waals surface area (Å²) in [5.74, 6) is -0.250. The maximum absolute atomic E-state index is 12.5. The van der Waals surface area contributed by atoms with Crippen LogP contribution >= 0.6 is 11.3 Å². The van der Waals surface area contributed by atoms with Crippen molar-refractivity contribution in [1.29, 1.82) is 0 Å². The van der Waals surface area contributed by atoms with E-state index in [1.807, 2.05) is 19.1 Å². The largest absolute Gasteiger partial charge is 0.348 e. The van der Waals surface area contributed by atoms with Crippen molar-refractivity contribution in [2.45, 2.75) is 30.8 Å². The van der Waals surface area contributed by atoms with Gasteiger partial charge in [-0.15, -0.1) is 11.3 Å². The lowest BCUT2D eigenvalue weighted by Gasteiger charge is -2.12. The predicted molar refractivity (Wildman–Crippen MR) is 98.3 cm³/mol. The molecule has 0 aliphatic carbocycles. The van der Waals surface area contributed by atoms with Gasteiger partial charge in [-0.1, -0.05) is 6.07 Å². The molecular formula is C17H21N3O3S2. The molecule has 1 aromatic heterocycles. The van der Waals surface area contributed by atoms with E-state index in [1.165, 1.54) is 12.1 Å². The Kier molecular flexibility index (Phi) is 5.53. The summed E-state index contributed by atoms with van der Waals surface area (Å²) in [7, 11) is -3.67. The van der Waals surface area contributed by atoms with Gasteiger partial charge in [0.25, 0.3) is 5.91 Å². The maximum atomic E-state index is 12.5. The standard InChI is InChI=1S/C17H21N3O3S2/c1-12-5-6-15(24-12)11-19-25(22,23)16-4-2-3-13(9-16)17(21)20-14-7-8-18-10-14/h2-6,9,14,18-19H,7-8,10-11H2,1H3,(H,20,21)/t14-/m0/s1. The van der Waals surface area contributed by atoms with Gasteiger partial charge in [-0.25, -0.2) is 13.1 Å². The van der Waals surface area contributed by atoms with Crippen LogP contribution in [0, 0.1) is 6.92 Å². The molecule has 2 aromatic rings. The minimum atomic E-state index is -3.67. The van der Waals surface area contributed by atoms with Crippen LogP contribution in [0.5, 0.6) is 0 Å². The van der Waals surface area contributed by atoms with Crippen LogP contribution in [0.4, 0.5) is 0 Å². The first kappa shape index (κ1) is 18.1. The first-order chi connectivity index (χ1) is 11.9. The molecule has 1 fully saturated rings. The number of amides is 1. The number of sulfonamides is 1. The molecule has 2 heterocycles. The van der Waals surface area contributed by atoms with Crippen LogP contribution in [-0.2, 0) is 16.6 Å². The van der Waals surface area contributed by atoms with E-state index < -0.39 is 10.0 Å². The van der Waals surface area contributed by atoms with Gasteiger partial charge in [0.05, 0.1) is 4.90 Å². The third-order valence-electron chi connectivity index (χ3n) is 4.03. The first-order valence-corrected chi connectivity index (χ1v) is 10.4. The Hall–Kier alpha value is -1.74. The lowest BCUT2D eigenvalue weighted by atomic mass is 10.2. The summed E-state index contributed by atoms with van der Waals surface area (Å²) in [4.78, 5) is 14.5. The zero-order valence-electron chi connectivity index (χ0n) is 13.9. The van der Waals surface area contributed by atoms with Crippen molar-refractivity contribution in [3.63, 3.8) is 0 Å². The third kappa shape index (κ3) is 4.66. The van der Waals surface area contributed by atoms with Crippen LogP contribution in [0.25, 0.3) is 0 Å². The minimum absolute atomic E-state index is 0.0907. The zero-order chi connectivity index (χ0) is 17.9. The van der Waals surface area contributed by atoms with Crippen LogP contribution in [0.3, 0.4) is 0 Å². The topological polar surface area (TPSA) is 87.3 Å². The Bertz CT molecular complexity index is 856. The van der Waals surface area contributed by atoms with E-state index in [0.717, 1.165) is 29.3 Å². The number of hydrogen-bond acceptors (Lipinski definition) is 5. The molecule has 0 saturated carbocycles. The second-order valence-electron chi connectivity index (χ2n) is 6.03. The van der Waals surface area contributed by atoms with Crippen molar-refractivity contribution in [2.24, 2.45) is 0 Å². The van der Waals surface area contributed by atoms with E-state index in [9.17, 15) is 13.2 Å². The summed E-state index contributed by atoms with van der Waals surface area (Å²) in [5.41, 5.74) is 0.349. The lowest BCUT2D eigenvalue weighted by molar-refractivity contribution is 0.0940. The molecule has 8 heteroatoms. The van der Waals surface area contributed by atoms with Crippen molar-refractivity contribution in [1.82, 2.24) is 15.4 Å². The van der Waals surface area contributed by atoms with Crippen molar-refractivity contribution in [3.8, 4) is 0 Å². The van der Waals surface area contributed by atoms with Crippen LogP contribution in [0.15, 0.2) is 41.3 Å². The van der Waals surface area contributed by atoms with Gasteiger partial charge in [-0.05, 0) is 50.2 Å². The molecule has 6 nitrogen and oxygen atoms in total. The highest BCUT2D eigenvalue weighted by Gasteiger charge is 2.20. The fourth-order valence-corrected chi connectivity index (χ4v) is 4.65. The minimum Gasteiger partial charge on any atom is -0.348 e. The number of thiophene rings is 1. The number of benzene rings is 1. The highest BCUT2D eigenvalue weighted by atomic mass is 32.2. The van der Waals surface area contributed by atoms with E-state index in [2.05, 4.69) is 15.4 Å². The van der Waals surface area contributed by atoms with Gasteiger partial charge in [-0.3, -0.25) is 4.79 Å². The Morgan fingerprint density at radius 1 is 1.32 bits per heavy atom. The molecule has 1 atom stereocenters. The summed E-state index contributed by atoms with van der Waals surface area (Å²) in [6, 6.07) is 10.1. The number of nitrogens with one attached hydrogen (secondary N) is 3. The van der Waals surface area contributed by atoms with Crippen molar-refractivity contribution >= 4 is 27.3 Å². The molecule has 0 bridgehead atoms. The average Bonchev–Trinajstić information content (AvgIpc) is 3.25. The van der Waals surface area contributed by atoms with Gasteiger partial charge in [0.2, 0.25) is 10.0 Å². The van der Waals surface area contributed by atoms with E-state index in [0.29, 0.717) is 5.56 Å². The van der Waals surface area contributed by atoms with Gasteiger partial charge >= 0.3 is 0 Å². The predicted octanol–water partition coefficient (Wildman–Crippen LogP) is 1.63. The second kappa shape index (κ2) is 7.65. The quantitative estimate of drug-likeness (QED) is 0.712. The molecule has 134 valence electrons. The Morgan fingerprint density at radius 3 is 2.84 bits per heavy atom. The molecule has 1 aliphatic heterocycles. The SMILES string of the molecule is Cc1ccc(CNS(=O)(=O)c2cccc(C(=O)N[C@H]3CCNC3)c2)s1. The summed E-state index contributed by atoms with van der Waals surface area (Å²) in [6.45, 7) is 3.84. The summed E-state index contributed by atoms with van der Waals surface area (Å²) in [5, 5.41) is 6.10. The smallest absolute Gasteiger partial charge is 0.251 e. The fourth-order valence-electron chi connectivity index (χ4n) is 2.68. The molecule has 1 aliphatic rings. The highest BCUT2D eigenvalue weighted by Crippen LogP contribution is 2.17. The van der Waals surface area contributed by atoms with Crippen LogP contribution < -0.4 is 15.4 Å². The van der Waals surface area contributed by atoms with Gasteiger partial charge in [0, 0.05) is 34.4 Å². The second-order valence-corrected chi connectivity index (χ2v) is 9.17. The molecule has 3 N–H and O–H groups in total. The fraction of sp³-hybridized carbons (Fsp3) is 0.353. The Morgan fingerprint density at radius 2 is 2.16 bits per heavy atom. The molecule has 0 spiro atoms. The average molecular weight is 380 g/mol.